The van der Waals surface area contributed by atoms with E-state index in [0.29, 0.717) is 0 Å². The van der Waals surface area contributed by atoms with Crippen molar-refractivity contribution < 1.29 is 0 Å². The SMILES string of the molecule is CC(N)c1cccc2ccccc12.CC(N)c1ccccc1. The summed E-state index contributed by atoms with van der Waals surface area (Å²) in [5, 5.41) is 2.53. The topological polar surface area (TPSA) is 52.0 Å². The summed E-state index contributed by atoms with van der Waals surface area (Å²) in [5.74, 6) is 0. The zero-order chi connectivity index (χ0) is 15.9. The molecule has 0 saturated carbocycles. The van der Waals surface area contributed by atoms with E-state index < -0.39 is 0 Å². The molecule has 0 aliphatic carbocycles. The first-order chi connectivity index (χ1) is 10.6. The molecule has 4 N–H and O–H groups in total. The molecular weight excluding hydrogens is 268 g/mol. The summed E-state index contributed by atoms with van der Waals surface area (Å²) in [6.45, 7) is 4.00. The Hall–Kier alpha value is -2.16. The van der Waals surface area contributed by atoms with E-state index in [4.69, 9.17) is 11.5 Å². The summed E-state index contributed by atoms with van der Waals surface area (Å²) in [4.78, 5) is 0. The lowest BCUT2D eigenvalue weighted by Gasteiger charge is -2.09. The van der Waals surface area contributed by atoms with Gasteiger partial charge in [-0.05, 0) is 35.7 Å². The van der Waals surface area contributed by atoms with Crippen molar-refractivity contribution in [2.45, 2.75) is 25.9 Å². The van der Waals surface area contributed by atoms with Crippen LogP contribution in [0.25, 0.3) is 10.8 Å². The quantitative estimate of drug-likeness (QED) is 0.727. The highest BCUT2D eigenvalue weighted by Crippen LogP contribution is 2.22. The molecule has 0 aliphatic rings. The molecule has 0 saturated heterocycles. The summed E-state index contributed by atoms with van der Waals surface area (Å²) in [6.07, 6.45) is 0. The third-order valence-electron chi connectivity index (χ3n) is 3.64. The summed E-state index contributed by atoms with van der Waals surface area (Å²) in [5.41, 5.74) is 13.9. The van der Waals surface area contributed by atoms with Gasteiger partial charge in [0.2, 0.25) is 0 Å². The molecule has 22 heavy (non-hydrogen) atoms. The van der Waals surface area contributed by atoms with E-state index in [-0.39, 0.29) is 12.1 Å². The summed E-state index contributed by atoms with van der Waals surface area (Å²) < 4.78 is 0. The average molecular weight is 292 g/mol. The lowest BCUT2D eigenvalue weighted by Crippen LogP contribution is -2.05. The van der Waals surface area contributed by atoms with Crippen molar-refractivity contribution in [2.24, 2.45) is 11.5 Å². The van der Waals surface area contributed by atoms with Crippen LogP contribution in [-0.4, -0.2) is 0 Å². The van der Waals surface area contributed by atoms with E-state index in [1.165, 1.54) is 21.9 Å². The van der Waals surface area contributed by atoms with Gasteiger partial charge >= 0.3 is 0 Å². The van der Waals surface area contributed by atoms with Gasteiger partial charge in [-0.2, -0.15) is 0 Å². The Morgan fingerprint density at radius 1 is 0.636 bits per heavy atom. The number of hydrogen-bond donors (Lipinski definition) is 2. The molecule has 2 nitrogen and oxygen atoms in total. The minimum absolute atomic E-state index is 0.103. The third kappa shape index (κ3) is 4.17. The number of hydrogen-bond acceptors (Lipinski definition) is 2. The molecule has 0 fully saturated rings. The Kier molecular flexibility index (Phi) is 5.70. The maximum absolute atomic E-state index is 5.88. The lowest BCUT2D eigenvalue weighted by atomic mass is 10.0. The number of nitrogens with two attached hydrogens (primary N) is 2. The minimum atomic E-state index is 0.103. The fraction of sp³-hybridized carbons (Fsp3) is 0.200. The van der Waals surface area contributed by atoms with Crippen molar-refractivity contribution in [3.8, 4) is 0 Å². The molecule has 3 aromatic rings. The van der Waals surface area contributed by atoms with Crippen LogP contribution < -0.4 is 11.5 Å². The van der Waals surface area contributed by atoms with E-state index in [2.05, 4.69) is 30.3 Å². The molecule has 0 radical (unpaired) electrons. The van der Waals surface area contributed by atoms with Gasteiger partial charge in [-0.3, -0.25) is 0 Å². The largest absolute Gasteiger partial charge is 0.324 e. The molecule has 3 rings (SSSR count). The molecule has 2 atom stereocenters. The van der Waals surface area contributed by atoms with Crippen LogP contribution in [0.3, 0.4) is 0 Å². The average Bonchev–Trinajstić information content (AvgIpc) is 2.55. The van der Waals surface area contributed by atoms with Gasteiger partial charge in [-0.15, -0.1) is 0 Å². The number of fused-ring (bicyclic) bond motifs is 1. The van der Waals surface area contributed by atoms with Gasteiger partial charge in [0.25, 0.3) is 0 Å². The first kappa shape index (κ1) is 16.2. The smallest absolute Gasteiger partial charge is 0.0272 e. The van der Waals surface area contributed by atoms with Gasteiger partial charge < -0.3 is 11.5 Å². The van der Waals surface area contributed by atoms with Crippen molar-refractivity contribution in [3.05, 3.63) is 83.9 Å². The van der Waals surface area contributed by atoms with Gasteiger partial charge in [-0.25, -0.2) is 0 Å². The first-order valence-corrected chi connectivity index (χ1v) is 7.63. The molecule has 3 aromatic carbocycles. The second kappa shape index (κ2) is 7.74. The minimum Gasteiger partial charge on any atom is -0.324 e. The standard InChI is InChI=1S/C12H13N.C8H11N/c1-9(13)11-8-4-6-10-5-2-3-7-12(10)11;1-7(9)8-5-3-2-4-6-8/h2-9H,13H2,1H3;2-7H,9H2,1H3. The maximum Gasteiger partial charge on any atom is 0.0272 e. The maximum atomic E-state index is 5.88. The Bertz CT molecular complexity index is 698. The van der Waals surface area contributed by atoms with Gasteiger partial charge in [0.15, 0.2) is 0 Å². The van der Waals surface area contributed by atoms with Crippen LogP contribution in [-0.2, 0) is 0 Å². The monoisotopic (exact) mass is 292 g/mol. The Morgan fingerprint density at radius 2 is 1.23 bits per heavy atom. The number of benzene rings is 3. The van der Waals surface area contributed by atoms with Gasteiger partial charge in [0.1, 0.15) is 0 Å². The van der Waals surface area contributed by atoms with Crippen LogP contribution in [0.5, 0.6) is 0 Å². The highest BCUT2D eigenvalue weighted by Gasteiger charge is 2.02. The summed E-state index contributed by atoms with van der Waals surface area (Å²) in [7, 11) is 0. The molecule has 2 unspecified atom stereocenters. The van der Waals surface area contributed by atoms with Crippen molar-refractivity contribution in [1.29, 1.82) is 0 Å². The van der Waals surface area contributed by atoms with Crippen LogP contribution in [0.2, 0.25) is 0 Å². The zero-order valence-electron chi connectivity index (χ0n) is 13.2. The van der Waals surface area contributed by atoms with Gasteiger partial charge in [-0.1, -0.05) is 72.8 Å². The van der Waals surface area contributed by atoms with Crippen molar-refractivity contribution in [2.75, 3.05) is 0 Å². The fourth-order valence-electron chi connectivity index (χ4n) is 2.40. The van der Waals surface area contributed by atoms with Crippen molar-refractivity contribution >= 4 is 10.8 Å². The first-order valence-electron chi connectivity index (χ1n) is 7.63. The molecule has 2 heteroatoms. The van der Waals surface area contributed by atoms with Gasteiger partial charge in [0, 0.05) is 12.1 Å². The zero-order valence-corrected chi connectivity index (χ0v) is 13.2. The van der Waals surface area contributed by atoms with Crippen molar-refractivity contribution in [1.82, 2.24) is 0 Å². The Balaban J connectivity index is 0.000000172. The van der Waals surface area contributed by atoms with Crippen molar-refractivity contribution in [3.63, 3.8) is 0 Å². The predicted molar refractivity (Wildman–Crippen MR) is 95.6 cm³/mol. The van der Waals surface area contributed by atoms with E-state index in [1.54, 1.807) is 0 Å². The molecule has 114 valence electrons. The molecule has 0 aromatic heterocycles. The fourth-order valence-corrected chi connectivity index (χ4v) is 2.40. The summed E-state index contributed by atoms with van der Waals surface area (Å²) >= 11 is 0. The van der Waals surface area contributed by atoms with Crippen LogP contribution in [0.4, 0.5) is 0 Å². The van der Waals surface area contributed by atoms with E-state index in [9.17, 15) is 0 Å². The van der Waals surface area contributed by atoms with Crippen LogP contribution in [0, 0.1) is 0 Å². The van der Waals surface area contributed by atoms with Crippen LogP contribution in [0.15, 0.2) is 72.8 Å². The van der Waals surface area contributed by atoms with E-state index in [1.807, 2.05) is 56.3 Å². The highest BCUT2D eigenvalue weighted by atomic mass is 14.6. The number of rotatable bonds is 2. The Labute approximate surface area is 132 Å². The molecular formula is C20H24N2. The van der Waals surface area contributed by atoms with Gasteiger partial charge in [0.05, 0.1) is 0 Å². The molecule has 0 bridgehead atoms. The lowest BCUT2D eigenvalue weighted by molar-refractivity contribution is 0.818. The highest BCUT2D eigenvalue weighted by molar-refractivity contribution is 5.85. The second-order valence-electron chi connectivity index (χ2n) is 5.56. The van der Waals surface area contributed by atoms with E-state index in [0.717, 1.165) is 0 Å². The molecule has 0 aliphatic heterocycles. The van der Waals surface area contributed by atoms with Crippen LogP contribution >= 0.6 is 0 Å². The second-order valence-corrected chi connectivity index (χ2v) is 5.56. The molecule has 0 heterocycles. The summed E-state index contributed by atoms with van der Waals surface area (Å²) in [6, 6.07) is 24.9. The molecule has 0 spiro atoms. The predicted octanol–water partition coefficient (Wildman–Crippen LogP) is 4.57. The third-order valence-corrected chi connectivity index (χ3v) is 3.64. The van der Waals surface area contributed by atoms with E-state index >= 15 is 0 Å². The Morgan fingerprint density at radius 3 is 1.82 bits per heavy atom. The molecule has 0 amide bonds. The van der Waals surface area contributed by atoms with Crippen LogP contribution in [0.1, 0.15) is 37.1 Å². The normalized spacial score (nSPS) is 13.1.